The minimum atomic E-state index is -0.566. The molecule has 150 heavy (non-hydrogen) atoms. The monoisotopic (exact) mass is 1930 g/mol. The summed E-state index contributed by atoms with van der Waals surface area (Å²) in [7, 11) is 0. The fourth-order valence-electron chi connectivity index (χ4n) is 23.7. The van der Waals surface area contributed by atoms with E-state index in [9.17, 15) is 0 Å². The Bertz CT molecular complexity index is 10800. The van der Waals surface area contributed by atoms with Crippen LogP contribution < -0.4 is 0 Å². The average molecular weight is 1930 g/mol. The minimum absolute atomic E-state index is 0.566. The van der Waals surface area contributed by atoms with Crippen LogP contribution in [0.5, 0.6) is 0 Å². The first kappa shape index (κ1) is 85.8. The van der Waals surface area contributed by atoms with Gasteiger partial charge < -0.3 is 13.6 Å². The molecule has 0 spiro atoms. The van der Waals surface area contributed by atoms with Crippen molar-refractivity contribution < 1.29 is 4.42 Å². The lowest BCUT2D eigenvalue weighted by molar-refractivity contribution is 0.670. The topological polar surface area (TPSA) is 118 Å². The fourth-order valence-corrected chi connectivity index (χ4v) is 24.9. The molecule has 1 aliphatic rings. The largest absolute Gasteiger partial charge is 0.456 e. The number of benzene rings is 23. The quantitative estimate of drug-likeness (QED) is 0.126. The standard InChI is InChI=1S/C55H35N3.C47H28N4O.C36H21N3S/c1-5-18-37(19-6-1)53-51(35-56-54(57-53)38-20-7-2-8-21-38)58-49-32-40-23-14-13-22-39(40)31-46(49)47-33-48-45(34-50(47)58)44-30-29-36-17-15-16-28-43(36)52(44)55(48,41-24-9-3-10-25-41)42-26-11-4-12-27-42;1-3-13-31(14-4-1)45-48-46(32-15-5-2-6-16-32)50-47(49-45)33-19-23-34(24-20-33)51-39-25-21-29-11-7-9-17-35(29)43(39)37-28-42-38(27-40(37)51)44-36-18-10-8-12-30(36)22-26-41(44)52-42;1-2-10-22(11-3-1)35-26-15-6-8-16-30(26)37-36(38-35)39-31-17-9-7-14-25(31)27-20-29-28-18-23-12-4-5-13-24(23)19-33(28)40-34(29)21-32(27)39/h1-35H;1-28H;1-21H. The van der Waals surface area contributed by atoms with Gasteiger partial charge in [-0.05, 0) is 196 Å². The summed E-state index contributed by atoms with van der Waals surface area (Å²) in [5.74, 6) is 3.31. The van der Waals surface area contributed by atoms with Crippen LogP contribution in [0.3, 0.4) is 0 Å². The first-order valence-electron chi connectivity index (χ1n) is 50.8. The Balaban J connectivity index is 0.000000105. The van der Waals surface area contributed by atoms with E-state index in [0.717, 1.165) is 127 Å². The van der Waals surface area contributed by atoms with Crippen LogP contribution in [-0.4, -0.2) is 48.6 Å². The third-order valence-electron chi connectivity index (χ3n) is 30.5. The summed E-state index contributed by atoms with van der Waals surface area (Å²) in [6.07, 6.45) is 2.03. The maximum absolute atomic E-state index is 6.56. The predicted molar refractivity (Wildman–Crippen MR) is 622 cm³/mol. The molecule has 1 aliphatic carbocycles. The van der Waals surface area contributed by atoms with E-state index in [1.54, 1.807) is 0 Å². The maximum Gasteiger partial charge on any atom is 0.235 e. The molecule has 12 heteroatoms. The Kier molecular flexibility index (Phi) is 19.9. The van der Waals surface area contributed by atoms with Crippen molar-refractivity contribution in [1.82, 2.24) is 48.6 Å². The molecule has 0 bridgehead atoms. The predicted octanol–water partition coefficient (Wildman–Crippen LogP) is 35.7. The molecule has 0 saturated heterocycles. The van der Waals surface area contributed by atoms with Gasteiger partial charge >= 0.3 is 0 Å². The molecule has 698 valence electrons. The van der Waals surface area contributed by atoms with Gasteiger partial charge in [0.2, 0.25) is 5.95 Å². The van der Waals surface area contributed by atoms with E-state index in [4.69, 9.17) is 39.3 Å². The van der Waals surface area contributed by atoms with Gasteiger partial charge in [-0.1, -0.05) is 394 Å². The van der Waals surface area contributed by atoms with Gasteiger partial charge in [-0.2, -0.15) is 0 Å². The number of rotatable bonds is 11. The van der Waals surface area contributed by atoms with Gasteiger partial charge in [-0.25, -0.2) is 34.9 Å². The molecule has 0 N–H and O–H groups in total. The fraction of sp³-hybridized carbons (Fsp3) is 0.00725. The van der Waals surface area contributed by atoms with Crippen molar-refractivity contribution in [3.63, 3.8) is 0 Å². The highest BCUT2D eigenvalue weighted by molar-refractivity contribution is 7.26. The van der Waals surface area contributed by atoms with Crippen molar-refractivity contribution in [1.29, 1.82) is 0 Å². The summed E-state index contributed by atoms with van der Waals surface area (Å²) in [5, 5.41) is 25.4. The van der Waals surface area contributed by atoms with E-state index in [0.29, 0.717) is 29.2 Å². The molecule has 0 amide bonds. The van der Waals surface area contributed by atoms with Gasteiger partial charge in [0, 0.05) is 108 Å². The second-order valence-electron chi connectivity index (χ2n) is 38.8. The van der Waals surface area contributed by atoms with E-state index in [-0.39, 0.29) is 0 Å². The smallest absolute Gasteiger partial charge is 0.235 e. The van der Waals surface area contributed by atoms with E-state index < -0.39 is 5.41 Å². The molecule has 31 aromatic rings. The summed E-state index contributed by atoms with van der Waals surface area (Å²) in [5.41, 5.74) is 26.2. The number of hydrogen-bond acceptors (Lipinski definition) is 9. The zero-order chi connectivity index (χ0) is 98.6. The molecular weight excluding hydrogens is 1850 g/mol. The van der Waals surface area contributed by atoms with Crippen LogP contribution in [0.15, 0.2) is 514 Å². The Hall–Kier alpha value is -19.8. The van der Waals surface area contributed by atoms with Crippen molar-refractivity contribution in [2.75, 3.05) is 0 Å². The first-order chi connectivity index (χ1) is 74.3. The number of thiophene rings is 1. The number of aromatic nitrogens is 10. The number of hydrogen-bond donors (Lipinski definition) is 0. The molecule has 23 aromatic carbocycles. The Labute approximate surface area is 864 Å². The van der Waals surface area contributed by atoms with Crippen LogP contribution in [0.1, 0.15) is 22.3 Å². The summed E-state index contributed by atoms with van der Waals surface area (Å²) in [6, 6.07) is 179. The molecule has 0 unspecified atom stereocenters. The van der Waals surface area contributed by atoms with Gasteiger partial charge in [0.05, 0.1) is 67.3 Å². The summed E-state index contributed by atoms with van der Waals surface area (Å²) >= 11 is 1.85. The van der Waals surface area contributed by atoms with Gasteiger partial charge in [0.25, 0.3) is 0 Å². The third-order valence-corrected chi connectivity index (χ3v) is 31.6. The number of fused-ring (bicyclic) bond motifs is 27. The van der Waals surface area contributed by atoms with Crippen LogP contribution in [0.25, 0.3) is 269 Å². The van der Waals surface area contributed by atoms with Crippen LogP contribution in [-0.2, 0) is 5.41 Å². The van der Waals surface area contributed by atoms with Crippen molar-refractivity contribution in [2.45, 2.75) is 5.41 Å². The first-order valence-corrected chi connectivity index (χ1v) is 51.6. The molecule has 32 rings (SSSR count). The minimum Gasteiger partial charge on any atom is -0.456 e. The number of furan rings is 1. The van der Waals surface area contributed by atoms with Gasteiger partial charge in [-0.3, -0.25) is 4.57 Å². The van der Waals surface area contributed by atoms with Gasteiger partial charge in [0.1, 0.15) is 11.2 Å². The van der Waals surface area contributed by atoms with Gasteiger partial charge in [0.15, 0.2) is 23.3 Å². The van der Waals surface area contributed by atoms with E-state index in [1.807, 2.05) is 109 Å². The molecule has 0 fully saturated rings. The summed E-state index contributed by atoms with van der Waals surface area (Å²) in [6.45, 7) is 0. The highest BCUT2D eigenvalue weighted by atomic mass is 32.1. The highest BCUT2D eigenvalue weighted by Crippen LogP contribution is 2.60. The lowest BCUT2D eigenvalue weighted by Crippen LogP contribution is -2.28. The van der Waals surface area contributed by atoms with Crippen molar-refractivity contribution in [3.8, 4) is 96.5 Å². The Morgan fingerprint density at radius 2 is 0.680 bits per heavy atom. The zero-order valence-electron chi connectivity index (χ0n) is 80.8. The molecule has 0 radical (unpaired) electrons. The zero-order valence-corrected chi connectivity index (χ0v) is 81.6. The van der Waals surface area contributed by atoms with Crippen LogP contribution in [0.2, 0.25) is 0 Å². The summed E-state index contributed by atoms with van der Waals surface area (Å²) in [4.78, 5) is 35.6. The molecule has 0 atom stereocenters. The van der Waals surface area contributed by atoms with Gasteiger partial charge in [-0.15, -0.1) is 11.3 Å². The number of para-hydroxylation sites is 2. The average Bonchev–Trinajstić information content (AvgIpc) is 1.51. The second-order valence-corrected chi connectivity index (χ2v) is 39.9. The highest BCUT2D eigenvalue weighted by Gasteiger charge is 2.48. The van der Waals surface area contributed by atoms with Crippen molar-refractivity contribution in [2.24, 2.45) is 0 Å². The van der Waals surface area contributed by atoms with E-state index in [2.05, 4.69) is 426 Å². The van der Waals surface area contributed by atoms with Crippen LogP contribution in [0.4, 0.5) is 0 Å². The maximum atomic E-state index is 6.56. The van der Waals surface area contributed by atoms with Crippen molar-refractivity contribution >= 4 is 184 Å². The Morgan fingerprint density at radius 1 is 0.227 bits per heavy atom. The van der Waals surface area contributed by atoms with E-state index >= 15 is 0 Å². The molecular formula is C138H84N10OS. The third kappa shape index (κ3) is 13.8. The molecule has 11 nitrogen and oxygen atoms in total. The lowest BCUT2D eigenvalue weighted by atomic mass is 9.66. The van der Waals surface area contributed by atoms with Crippen LogP contribution in [0, 0.1) is 0 Å². The molecule has 8 aromatic heterocycles. The number of nitrogens with zero attached hydrogens (tertiary/aromatic N) is 10. The lowest BCUT2D eigenvalue weighted by Gasteiger charge is -2.34. The molecule has 8 heterocycles. The van der Waals surface area contributed by atoms with E-state index in [1.165, 1.54) is 134 Å². The normalized spacial score (nSPS) is 12.3. The second kappa shape index (κ2) is 34.8. The molecule has 0 aliphatic heterocycles. The van der Waals surface area contributed by atoms with Crippen molar-refractivity contribution in [3.05, 3.63) is 532 Å². The summed E-state index contributed by atoms with van der Waals surface area (Å²) < 4.78 is 16.2. The Morgan fingerprint density at radius 3 is 1.31 bits per heavy atom. The SMILES string of the molecule is c1ccc(-c2nc(-c3ccccc3)nc(-c3ccc(-n4c5cc6c(cc5c5c7ccccc7ccc54)oc4ccc5ccccc5c46)cc3)n2)cc1.c1ccc(-c2nc(-n3c4ccccc4c4cc5c(cc43)sc3cc4ccccc4cc35)nc3ccccc23)cc1.c1ccc(-c2ncc(-n3c4cc5c(cc4c4cc6ccccc6cc43)C(c3ccccc3)(c3ccccc3)c3c-5ccc4ccccc34)c(-c3ccccc3)n2)cc1. The molecule has 0 saturated carbocycles. The van der Waals surface area contributed by atoms with Crippen LogP contribution >= 0.6 is 11.3 Å².